The van der Waals surface area contributed by atoms with E-state index in [-0.39, 0.29) is 0 Å². The van der Waals surface area contributed by atoms with Crippen molar-refractivity contribution in [2.24, 2.45) is 0 Å². The Labute approximate surface area is 113 Å². The molecule has 1 aromatic carbocycles. The molecular weight excluding hydrogens is 276 g/mol. The zero-order valence-electron chi connectivity index (χ0n) is 10.8. The highest BCUT2D eigenvalue weighted by Gasteiger charge is 2.24. The summed E-state index contributed by atoms with van der Waals surface area (Å²) in [6.45, 7) is 3.34. The maximum Gasteiger partial charge on any atom is 0.0329 e. The molecule has 2 nitrogen and oxygen atoms in total. The van der Waals surface area contributed by atoms with Crippen LogP contribution >= 0.6 is 15.9 Å². The molecule has 1 aromatic rings. The summed E-state index contributed by atoms with van der Waals surface area (Å²) in [6.07, 6.45) is 2.40. The van der Waals surface area contributed by atoms with Gasteiger partial charge in [0.15, 0.2) is 0 Å². The van der Waals surface area contributed by atoms with E-state index in [2.05, 4.69) is 65.4 Å². The van der Waals surface area contributed by atoms with Crippen LogP contribution in [0.1, 0.15) is 30.5 Å². The molecule has 1 aliphatic carbocycles. The van der Waals surface area contributed by atoms with Crippen LogP contribution < -0.4 is 5.32 Å². The standard InChI is InChI=1S/C14H21BrN2/c1-10(9-17(2)3)16-14-8-7-11-12(14)5-4-6-13(11)15/h4-6,10,14,16H,7-9H2,1-3H3. The molecular formula is C14H21BrN2. The van der Waals surface area contributed by atoms with Crippen LogP contribution in [0.5, 0.6) is 0 Å². The molecule has 0 saturated heterocycles. The third-order valence-electron chi connectivity index (χ3n) is 3.34. The molecule has 94 valence electrons. The summed E-state index contributed by atoms with van der Waals surface area (Å²) in [5, 5.41) is 3.73. The van der Waals surface area contributed by atoms with Gasteiger partial charge in [-0.3, -0.25) is 0 Å². The van der Waals surface area contributed by atoms with Crippen LogP contribution in [0.25, 0.3) is 0 Å². The number of hydrogen-bond acceptors (Lipinski definition) is 2. The number of hydrogen-bond donors (Lipinski definition) is 1. The topological polar surface area (TPSA) is 15.3 Å². The Hall–Kier alpha value is -0.380. The zero-order valence-corrected chi connectivity index (χ0v) is 12.4. The largest absolute Gasteiger partial charge is 0.308 e. The first kappa shape index (κ1) is 13.1. The fourth-order valence-electron chi connectivity index (χ4n) is 2.73. The first-order valence-electron chi connectivity index (χ1n) is 6.26. The van der Waals surface area contributed by atoms with Gasteiger partial charge in [0, 0.05) is 23.1 Å². The van der Waals surface area contributed by atoms with Crippen LogP contribution in [0.2, 0.25) is 0 Å². The Kier molecular flexibility index (Phi) is 4.23. The molecule has 3 heteroatoms. The van der Waals surface area contributed by atoms with Crippen molar-refractivity contribution in [2.45, 2.75) is 31.8 Å². The SMILES string of the molecule is CC(CN(C)C)NC1CCc2c(Br)cccc21. The maximum atomic E-state index is 3.73. The lowest BCUT2D eigenvalue weighted by atomic mass is 10.1. The fourth-order valence-corrected chi connectivity index (χ4v) is 3.31. The lowest BCUT2D eigenvalue weighted by Gasteiger charge is -2.23. The summed E-state index contributed by atoms with van der Waals surface area (Å²) in [5.74, 6) is 0. The Balaban J connectivity index is 2.05. The van der Waals surface area contributed by atoms with Gasteiger partial charge in [-0.2, -0.15) is 0 Å². The van der Waals surface area contributed by atoms with Crippen molar-refractivity contribution in [3.63, 3.8) is 0 Å². The smallest absolute Gasteiger partial charge is 0.0329 e. The molecule has 0 radical (unpaired) electrons. The van der Waals surface area contributed by atoms with E-state index in [9.17, 15) is 0 Å². The highest BCUT2D eigenvalue weighted by atomic mass is 79.9. The molecule has 2 unspecified atom stereocenters. The van der Waals surface area contributed by atoms with Gasteiger partial charge >= 0.3 is 0 Å². The third kappa shape index (κ3) is 3.09. The molecule has 2 rings (SSSR count). The molecule has 0 bridgehead atoms. The first-order chi connectivity index (χ1) is 8.08. The van der Waals surface area contributed by atoms with E-state index in [0.29, 0.717) is 12.1 Å². The van der Waals surface area contributed by atoms with Crippen LogP contribution in [0, 0.1) is 0 Å². The summed E-state index contributed by atoms with van der Waals surface area (Å²) in [6, 6.07) is 7.59. The van der Waals surface area contributed by atoms with Crippen molar-refractivity contribution in [1.82, 2.24) is 10.2 Å². The second-order valence-electron chi connectivity index (χ2n) is 5.23. The predicted octanol–water partition coefficient (Wildman–Crippen LogP) is 2.98. The van der Waals surface area contributed by atoms with Gasteiger partial charge in [-0.25, -0.2) is 0 Å². The van der Waals surface area contributed by atoms with Gasteiger partial charge in [0.1, 0.15) is 0 Å². The lowest BCUT2D eigenvalue weighted by Crippen LogP contribution is -2.37. The number of benzene rings is 1. The first-order valence-corrected chi connectivity index (χ1v) is 7.05. The summed E-state index contributed by atoms with van der Waals surface area (Å²) in [5.41, 5.74) is 2.96. The van der Waals surface area contributed by atoms with Gasteiger partial charge in [0.2, 0.25) is 0 Å². The van der Waals surface area contributed by atoms with Crippen molar-refractivity contribution in [2.75, 3.05) is 20.6 Å². The molecule has 0 fully saturated rings. The Bertz CT molecular complexity index is 390. The Morgan fingerprint density at radius 3 is 2.94 bits per heavy atom. The van der Waals surface area contributed by atoms with Crippen molar-refractivity contribution in [3.05, 3.63) is 33.8 Å². The molecule has 0 amide bonds. The molecule has 0 saturated carbocycles. The second-order valence-corrected chi connectivity index (χ2v) is 6.08. The van der Waals surface area contributed by atoms with E-state index in [1.165, 1.54) is 28.4 Å². The number of nitrogens with zero attached hydrogens (tertiary/aromatic N) is 1. The zero-order chi connectivity index (χ0) is 12.4. The maximum absolute atomic E-state index is 3.73. The lowest BCUT2D eigenvalue weighted by molar-refractivity contribution is 0.328. The highest BCUT2D eigenvalue weighted by molar-refractivity contribution is 9.10. The minimum Gasteiger partial charge on any atom is -0.308 e. The number of fused-ring (bicyclic) bond motifs is 1. The predicted molar refractivity (Wildman–Crippen MR) is 76.4 cm³/mol. The van der Waals surface area contributed by atoms with Crippen LogP contribution in [-0.2, 0) is 6.42 Å². The highest BCUT2D eigenvalue weighted by Crippen LogP contribution is 2.35. The van der Waals surface area contributed by atoms with Gasteiger partial charge in [0.05, 0.1) is 0 Å². The van der Waals surface area contributed by atoms with Crippen LogP contribution in [-0.4, -0.2) is 31.6 Å². The van der Waals surface area contributed by atoms with E-state index in [4.69, 9.17) is 0 Å². The average Bonchev–Trinajstić information content (AvgIpc) is 2.62. The number of likely N-dealkylation sites (N-methyl/N-ethyl adjacent to an activating group) is 1. The summed E-state index contributed by atoms with van der Waals surface area (Å²) >= 11 is 3.65. The summed E-state index contributed by atoms with van der Waals surface area (Å²) in [4.78, 5) is 2.23. The van der Waals surface area contributed by atoms with Crippen molar-refractivity contribution < 1.29 is 0 Å². The van der Waals surface area contributed by atoms with E-state index in [0.717, 1.165) is 6.54 Å². The minimum absolute atomic E-state index is 0.525. The molecule has 0 spiro atoms. The van der Waals surface area contributed by atoms with Gasteiger partial charge < -0.3 is 10.2 Å². The van der Waals surface area contributed by atoms with Crippen LogP contribution in [0.4, 0.5) is 0 Å². The van der Waals surface area contributed by atoms with Crippen molar-refractivity contribution in [1.29, 1.82) is 0 Å². The molecule has 0 aliphatic heterocycles. The number of halogens is 1. The molecule has 1 aliphatic rings. The Morgan fingerprint density at radius 1 is 1.47 bits per heavy atom. The Morgan fingerprint density at radius 2 is 2.24 bits per heavy atom. The van der Waals surface area contributed by atoms with Crippen molar-refractivity contribution in [3.8, 4) is 0 Å². The average molecular weight is 297 g/mol. The monoisotopic (exact) mass is 296 g/mol. The normalized spacial score (nSPS) is 20.6. The third-order valence-corrected chi connectivity index (χ3v) is 4.08. The molecule has 1 N–H and O–H groups in total. The molecule has 17 heavy (non-hydrogen) atoms. The van der Waals surface area contributed by atoms with E-state index in [1.54, 1.807) is 0 Å². The summed E-state index contributed by atoms with van der Waals surface area (Å²) < 4.78 is 1.26. The number of nitrogens with one attached hydrogen (secondary N) is 1. The minimum atomic E-state index is 0.525. The summed E-state index contributed by atoms with van der Waals surface area (Å²) in [7, 11) is 4.24. The van der Waals surface area contributed by atoms with Crippen molar-refractivity contribution >= 4 is 15.9 Å². The quantitative estimate of drug-likeness (QED) is 0.919. The van der Waals surface area contributed by atoms with Gasteiger partial charge in [-0.05, 0) is 51.1 Å². The van der Waals surface area contributed by atoms with Crippen LogP contribution in [0.3, 0.4) is 0 Å². The number of rotatable bonds is 4. The van der Waals surface area contributed by atoms with E-state index >= 15 is 0 Å². The molecule has 0 heterocycles. The van der Waals surface area contributed by atoms with E-state index < -0.39 is 0 Å². The second kappa shape index (κ2) is 5.51. The molecule has 2 atom stereocenters. The molecule has 0 aromatic heterocycles. The fraction of sp³-hybridized carbons (Fsp3) is 0.571. The van der Waals surface area contributed by atoms with E-state index in [1.807, 2.05) is 0 Å². The van der Waals surface area contributed by atoms with Gasteiger partial charge in [0.25, 0.3) is 0 Å². The van der Waals surface area contributed by atoms with Gasteiger partial charge in [-0.1, -0.05) is 28.1 Å². The van der Waals surface area contributed by atoms with Gasteiger partial charge in [-0.15, -0.1) is 0 Å². The van der Waals surface area contributed by atoms with Crippen LogP contribution in [0.15, 0.2) is 22.7 Å².